The molecule has 5 saturated heterocycles. The number of likely N-dealkylation sites (N-methyl/N-ethyl adjacent to an activating group) is 1. The number of carbonyl (C=O) groups excluding carboxylic acids is 6. The molecule has 5 heterocycles. The molecule has 5 fully saturated rings. The molecule has 0 aliphatic carbocycles. The molecule has 0 saturated carbocycles. The van der Waals surface area contributed by atoms with Crippen LogP contribution in [0.5, 0.6) is 0 Å². The normalized spacial score (nSPS) is 15.7. The van der Waals surface area contributed by atoms with Gasteiger partial charge in [0.05, 0.1) is 33.5 Å². The molecule has 0 bridgehead atoms. The number of halogens is 2. The number of nitrogens with two attached hydrogens (primary N) is 1. The van der Waals surface area contributed by atoms with E-state index in [2.05, 4.69) is 40.0 Å². The van der Waals surface area contributed by atoms with Gasteiger partial charge >= 0.3 is 0 Å². The number of nitrogens with zero attached hydrogens (tertiary/aromatic N) is 5. The van der Waals surface area contributed by atoms with Gasteiger partial charge in [0.2, 0.25) is 38.5 Å². The van der Waals surface area contributed by atoms with Gasteiger partial charge in [-0.15, -0.1) is 0 Å². The first-order valence-electron chi connectivity index (χ1n) is 19.5. The van der Waals surface area contributed by atoms with E-state index in [0.29, 0.717) is 12.6 Å². The molecule has 5 N–H and O–H groups in total. The second-order valence-corrected chi connectivity index (χ2v) is 14.8. The zero-order valence-corrected chi connectivity index (χ0v) is 39.1. The number of rotatable bonds is 13. The number of alkyl halides is 2. The fourth-order valence-electron chi connectivity index (χ4n) is 3.80. The van der Waals surface area contributed by atoms with Crippen LogP contribution in [0.4, 0.5) is 8.78 Å². The van der Waals surface area contributed by atoms with E-state index in [9.17, 15) is 41.8 Å². The monoisotopic (exact) mass is 908 g/mol. The molecule has 1 atom stereocenters. The highest BCUT2D eigenvalue weighted by Gasteiger charge is 2.20. The Hall–Kier alpha value is -4.03. The summed E-state index contributed by atoms with van der Waals surface area (Å²) in [5, 5.41) is 7.70. The topological polar surface area (TPSA) is 235 Å². The van der Waals surface area contributed by atoms with Crippen LogP contribution < -0.4 is 21.7 Å². The number of methoxy groups -OCH3 is 2. The van der Waals surface area contributed by atoms with Crippen LogP contribution in [0.1, 0.15) is 40.0 Å². The number of nitrogens with one attached hydrogen (secondary N) is 3. The van der Waals surface area contributed by atoms with Gasteiger partial charge in [0.15, 0.2) is 17.0 Å². The van der Waals surface area contributed by atoms with Crippen molar-refractivity contribution in [2.75, 3.05) is 141 Å². The fourth-order valence-corrected chi connectivity index (χ4v) is 3.80. The van der Waals surface area contributed by atoms with Crippen LogP contribution in [-0.4, -0.2) is 214 Å². The summed E-state index contributed by atoms with van der Waals surface area (Å²) in [4.78, 5) is 66.7. The summed E-state index contributed by atoms with van der Waals surface area (Å²) in [5.74, 6) is -0.605. The van der Waals surface area contributed by atoms with Gasteiger partial charge in [-0.25, -0.2) is 13.0 Å². The zero-order chi connectivity index (χ0) is 47.9. The lowest BCUT2D eigenvalue weighted by Gasteiger charge is -2.33. The number of carbonyl (C=O) groups is 6. The minimum atomic E-state index is -2.79. The van der Waals surface area contributed by atoms with E-state index in [1.807, 2.05) is 12.4 Å². The molecule has 5 rings (SSSR count). The lowest BCUT2D eigenvalue weighted by atomic mass is 10.1. The Balaban J connectivity index is -0.000000191. The average molecular weight is 908 g/mol. The van der Waals surface area contributed by atoms with Gasteiger partial charge in [-0.05, 0) is 44.7 Å². The Labute approximate surface area is 366 Å². The van der Waals surface area contributed by atoms with E-state index in [1.54, 1.807) is 47.9 Å². The molecule has 362 valence electrons. The SMILES string of the molecule is C=C1NCCO1.CC(F)(F)CNC=O.CC1CN(C=O)C1.CC1CN(C=O)C1.CN(C)C=O.CNCCOC.COCN.COS(C)=O.O=CN1CCC1.O=CN1CCCC1. The molecule has 0 spiro atoms. The van der Waals surface area contributed by atoms with E-state index in [1.165, 1.54) is 37.5 Å². The van der Waals surface area contributed by atoms with Crippen LogP contribution in [0.25, 0.3) is 0 Å². The number of hydrogen-bond acceptors (Lipinski definition) is 14. The van der Waals surface area contributed by atoms with Crippen LogP contribution >= 0.6 is 0 Å². The Kier molecular flexibility index (Phi) is 52.7. The van der Waals surface area contributed by atoms with Crippen LogP contribution in [0, 0.1) is 11.8 Å². The summed E-state index contributed by atoms with van der Waals surface area (Å²) in [5.41, 5.74) is 4.81. The van der Waals surface area contributed by atoms with Crippen molar-refractivity contribution in [3.8, 4) is 0 Å². The molecule has 0 aromatic heterocycles. The van der Waals surface area contributed by atoms with Gasteiger partial charge in [-0.1, -0.05) is 13.8 Å². The lowest BCUT2D eigenvalue weighted by Crippen LogP contribution is -2.43. The Morgan fingerprint density at radius 2 is 1.26 bits per heavy atom. The number of hydrogen-bond donors (Lipinski definition) is 4. The zero-order valence-electron chi connectivity index (χ0n) is 38.3. The van der Waals surface area contributed by atoms with Crippen molar-refractivity contribution >= 4 is 49.5 Å². The van der Waals surface area contributed by atoms with Crippen LogP contribution in [-0.2, 0) is 58.2 Å². The summed E-state index contributed by atoms with van der Waals surface area (Å²) in [6.45, 7) is 19.5. The van der Waals surface area contributed by atoms with Gasteiger partial charge in [0, 0.05) is 100 Å². The lowest BCUT2D eigenvalue weighted by molar-refractivity contribution is -0.123. The van der Waals surface area contributed by atoms with E-state index in [-0.39, 0.29) is 6.41 Å². The molecule has 0 radical (unpaired) electrons. The van der Waals surface area contributed by atoms with Crippen molar-refractivity contribution in [2.24, 2.45) is 17.6 Å². The maximum atomic E-state index is 11.7. The summed E-state index contributed by atoms with van der Waals surface area (Å²) in [7, 11) is 9.92. The van der Waals surface area contributed by atoms with Crippen LogP contribution in [0.15, 0.2) is 12.5 Å². The summed E-state index contributed by atoms with van der Waals surface area (Å²) in [6.07, 6.45) is 9.67. The van der Waals surface area contributed by atoms with Crippen molar-refractivity contribution in [3.63, 3.8) is 0 Å². The molecular weight excluding hydrogens is 829 g/mol. The van der Waals surface area contributed by atoms with Crippen LogP contribution in [0.3, 0.4) is 0 Å². The van der Waals surface area contributed by atoms with Crippen molar-refractivity contribution < 1.29 is 60.2 Å². The van der Waals surface area contributed by atoms with Crippen molar-refractivity contribution in [1.29, 1.82) is 0 Å². The smallest absolute Gasteiger partial charge is 0.262 e. The minimum Gasteiger partial charge on any atom is -0.478 e. The summed E-state index contributed by atoms with van der Waals surface area (Å²) in [6, 6.07) is 0. The van der Waals surface area contributed by atoms with Crippen molar-refractivity contribution in [3.05, 3.63) is 12.5 Å². The molecule has 5 aliphatic rings. The first-order chi connectivity index (χ1) is 28.8. The second kappa shape index (κ2) is 48.6. The molecular formula is C38H79F2N9O11S. The quantitative estimate of drug-likeness (QED) is 0.106. The van der Waals surface area contributed by atoms with Gasteiger partial charge in [0.1, 0.15) is 6.61 Å². The molecule has 23 heteroatoms. The van der Waals surface area contributed by atoms with E-state index in [0.717, 1.165) is 129 Å². The van der Waals surface area contributed by atoms with Crippen LogP contribution in [0.2, 0.25) is 0 Å². The third-order valence-electron chi connectivity index (χ3n) is 7.18. The molecule has 61 heavy (non-hydrogen) atoms. The number of ether oxygens (including phenoxy) is 3. The number of likely N-dealkylation sites (tertiary alicyclic amines) is 4. The highest BCUT2D eigenvalue weighted by Crippen LogP contribution is 2.11. The largest absolute Gasteiger partial charge is 0.478 e. The Bertz CT molecular complexity index is 1030. The molecule has 1 unspecified atom stereocenters. The summed E-state index contributed by atoms with van der Waals surface area (Å²) < 4.78 is 51.2. The highest BCUT2D eigenvalue weighted by molar-refractivity contribution is 7.79. The Morgan fingerprint density at radius 1 is 0.869 bits per heavy atom. The second-order valence-electron chi connectivity index (χ2n) is 13.6. The molecule has 0 aromatic rings. The van der Waals surface area contributed by atoms with E-state index >= 15 is 0 Å². The predicted molar refractivity (Wildman–Crippen MR) is 233 cm³/mol. The van der Waals surface area contributed by atoms with Crippen molar-refractivity contribution in [1.82, 2.24) is 40.4 Å². The molecule has 6 amide bonds. The highest BCUT2D eigenvalue weighted by atomic mass is 32.2. The third kappa shape index (κ3) is 58.1. The number of amides is 6. The minimum absolute atomic E-state index is 0.247. The standard InChI is InChI=1S/3C5H9NO.C4H7F2NO.2C4H7NO.C4H11NO.C3H7NO.C2H7NO.C2H6O2S/c2*1-5-2-6(3-5)4-7;7-5-6-3-1-2-4-6;1-4(5,6)2-7-3-8;1-4-5-2-3-6-4;6-4-5-2-1-3-5;1-5-3-4-6-2;1-4(2)3-5;1-4-2-3;1-4-5(2)3/h2*4-5H,2-3H2,1H3;5H,1-4H2;3H,2H2,1H3,(H,7,8);5H,1-3H2;4H,1-3H2;5H,3-4H2,1-2H3;3H,1-2H3;2-3H2,1H3;1-2H3. The fraction of sp³-hybridized carbons (Fsp3) is 0.789. The van der Waals surface area contributed by atoms with Gasteiger partial charge in [-0.3, -0.25) is 33.0 Å². The predicted octanol–water partition coefficient (Wildman–Crippen LogP) is -0.227. The van der Waals surface area contributed by atoms with Gasteiger partial charge in [0.25, 0.3) is 5.92 Å². The maximum absolute atomic E-state index is 11.7. The van der Waals surface area contributed by atoms with Crippen molar-refractivity contribution in [2.45, 2.75) is 46.0 Å². The molecule has 20 nitrogen and oxygen atoms in total. The summed E-state index contributed by atoms with van der Waals surface area (Å²) >= 11 is -1.07. The first-order valence-corrected chi connectivity index (χ1v) is 21.0. The first kappa shape index (κ1) is 66.1. The Morgan fingerprint density at radius 3 is 1.36 bits per heavy atom. The molecule has 0 aromatic carbocycles. The van der Waals surface area contributed by atoms with Gasteiger partial charge in [-0.2, -0.15) is 0 Å². The van der Waals surface area contributed by atoms with E-state index in [4.69, 9.17) is 15.2 Å². The van der Waals surface area contributed by atoms with Gasteiger partial charge < -0.3 is 60.4 Å². The third-order valence-corrected chi connectivity index (χ3v) is 7.65. The average Bonchev–Trinajstić information content (AvgIpc) is 3.92. The molecule has 5 aliphatic heterocycles. The maximum Gasteiger partial charge on any atom is 0.262 e. The van der Waals surface area contributed by atoms with E-state index < -0.39 is 23.5 Å².